The molecule has 32 heavy (non-hydrogen) atoms. The monoisotopic (exact) mass is 448 g/mol. The van der Waals surface area contributed by atoms with Crippen LogP contribution in [-0.2, 0) is 11.2 Å². The number of benzene rings is 2. The van der Waals surface area contributed by atoms with Gasteiger partial charge in [-0.3, -0.25) is 4.79 Å². The van der Waals surface area contributed by atoms with Crippen LogP contribution in [0.5, 0.6) is 5.75 Å². The first-order valence-electron chi connectivity index (χ1n) is 10.8. The van der Waals surface area contributed by atoms with Crippen molar-refractivity contribution in [3.05, 3.63) is 76.3 Å². The minimum Gasteiger partial charge on any atom is -0.484 e. The Labute approximate surface area is 189 Å². The second kappa shape index (κ2) is 9.00. The Hall–Kier alpha value is -3.39. The second-order valence-electron chi connectivity index (χ2n) is 8.06. The molecule has 7 nitrogen and oxygen atoms in total. The van der Waals surface area contributed by atoms with Gasteiger partial charge in [-0.2, -0.15) is 5.10 Å². The van der Waals surface area contributed by atoms with E-state index in [9.17, 15) is 9.59 Å². The van der Waals surface area contributed by atoms with E-state index in [0.717, 1.165) is 34.4 Å². The zero-order chi connectivity index (χ0) is 21.9. The number of amides is 1. The molecular formula is C24H24N4O3S. The molecule has 0 spiro atoms. The molecule has 1 aliphatic heterocycles. The maximum absolute atomic E-state index is 12.7. The number of carbonyl (C=O) groups is 1. The summed E-state index contributed by atoms with van der Waals surface area (Å²) in [6.07, 6.45) is 2.48. The van der Waals surface area contributed by atoms with Crippen LogP contribution in [0.2, 0.25) is 0 Å². The molecular weight excluding hydrogens is 424 g/mol. The van der Waals surface area contributed by atoms with E-state index in [1.165, 1.54) is 11.3 Å². The highest BCUT2D eigenvalue weighted by Crippen LogP contribution is 2.24. The molecule has 0 atom stereocenters. The van der Waals surface area contributed by atoms with Gasteiger partial charge in [0.05, 0.1) is 0 Å². The summed E-state index contributed by atoms with van der Waals surface area (Å²) in [5, 5.41) is 11.9. The van der Waals surface area contributed by atoms with Gasteiger partial charge in [-0.15, -0.1) is 11.3 Å². The van der Waals surface area contributed by atoms with Crippen LogP contribution in [0.3, 0.4) is 0 Å². The summed E-state index contributed by atoms with van der Waals surface area (Å²) in [6, 6.07) is 17.8. The van der Waals surface area contributed by atoms with Crippen LogP contribution in [0.25, 0.3) is 15.8 Å². The van der Waals surface area contributed by atoms with E-state index in [2.05, 4.69) is 16.3 Å². The van der Waals surface area contributed by atoms with Gasteiger partial charge in [0.2, 0.25) is 0 Å². The predicted octanol–water partition coefficient (Wildman–Crippen LogP) is 3.64. The number of aromatic amines is 1. The van der Waals surface area contributed by atoms with E-state index >= 15 is 0 Å². The third-order valence-corrected chi connectivity index (χ3v) is 6.84. The summed E-state index contributed by atoms with van der Waals surface area (Å²) < 4.78 is 7.42. The van der Waals surface area contributed by atoms with Gasteiger partial charge in [0, 0.05) is 19.5 Å². The molecule has 0 aliphatic carbocycles. The zero-order valence-corrected chi connectivity index (χ0v) is 18.4. The highest BCUT2D eigenvalue weighted by molar-refractivity contribution is 7.12. The fourth-order valence-corrected chi connectivity index (χ4v) is 4.98. The minimum absolute atomic E-state index is 0.00636. The van der Waals surface area contributed by atoms with Gasteiger partial charge in [-0.25, -0.2) is 14.5 Å². The molecule has 0 radical (unpaired) electrons. The third-order valence-electron chi connectivity index (χ3n) is 5.99. The predicted molar refractivity (Wildman–Crippen MR) is 125 cm³/mol. The Morgan fingerprint density at radius 1 is 1.09 bits per heavy atom. The second-order valence-corrected chi connectivity index (χ2v) is 8.98. The Morgan fingerprint density at radius 3 is 2.69 bits per heavy atom. The fourth-order valence-electron chi connectivity index (χ4n) is 4.23. The number of aromatic nitrogens is 3. The first-order chi connectivity index (χ1) is 15.7. The van der Waals surface area contributed by atoms with Crippen LogP contribution in [-0.4, -0.2) is 45.3 Å². The molecule has 2 aromatic heterocycles. The number of piperidine rings is 1. The van der Waals surface area contributed by atoms with Crippen molar-refractivity contribution in [3.8, 4) is 10.8 Å². The molecule has 3 heterocycles. The lowest BCUT2D eigenvalue weighted by Crippen LogP contribution is -2.41. The maximum Gasteiger partial charge on any atom is 0.348 e. The van der Waals surface area contributed by atoms with Crippen molar-refractivity contribution >= 4 is 28.0 Å². The highest BCUT2D eigenvalue weighted by Gasteiger charge is 2.25. The van der Waals surface area contributed by atoms with Crippen LogP contribution in [0.15, 0.2) is 64.8 Å². The first-order valence-corrected chi connectivity index (χ1v) is 11.6. The molecule has 0 unspecified atom stereocenters. The van der Waals surface area contributed by atoms with Crippen molar-refractivity contribution in [2.24, 2.45) is 5.92 Å². The van der Waals surface area contributed by atoms with Gasteiger partial charge in [0.1, 0.15) is 16.6 Å². The Bertz CT molecular complexity index is 1270. The fraction of sp³-hybridized carbons (Fsp3) is 0.292. The molecule has 1 amide bonds. The number of likely N-dealkylation sites (tertiary alicyclic amines) is 1. The van der Waals surface area contributed by atoms with Crippen molar-refractivity contribution in [1.29, 1.82) is 0 Å². The van der Waals surface area contributed by atoms with Crippen LogP contribution >= 0.6 is 11.3 Å². The Morgan fingerprint density at radius 2 is 1.91 bits per heavy atom. The van der Waals surface area contributed by atoms with E-state index in [-0.39, 0.29) is 18.2 Å². The van der Waals surface area contributed by atoms with Crippen molar-refractivity contribution < 1.29 is 9.53 Å². The van der Waals surface area contributed by atoms with Crippen molar-refractivity contribution in [3.63, 3.8) is 0 Å². The number of nitrogens with one attached hydrogen (secondary N) is 1. The number of carbonyl (C=O) groups excluding carboxylic acids is 1. The number of hydrogen-bond acceptors (Lipinski definition) is 5. The topological polar surface area (TPSA) is 80.2 Å². The molecule has 0 bridgehead atoms. The van der Waals surface area contributed by atoms with Crippen LogP contribution < -0.4 is 10.4 Å². The SMILES string of the molecule is O=C(COc1ccc2ccccc2c1)N1CCC(Cc2n[nH]c(=O)n2-c2cccs2)CC1. The molecule has 8 heteroatoms. The lowest BCUT2D eigenvalue weighted by molar-refractivity contribution is -0.134. The van der Waals surface area contributed by atoms with E-state index in [1.54, 1.807) is 4.57 Å². The van der Waals surface area contributed by atoms with Crippen molar-refractivity contribution in [1.82, 2.24) is 19.7 Å². The summed E-state index contributed by atoms with van der Waals surface area (Å²) in [5.74, 6) is 1.85. The first kappa shape index (κ1) is 20.5. The standard InChI is InChI=1S/C24H24N4O3S/c29-22(16-31-20-8-7-18-4-1-2-5-19(18)15-20)27-11-9-17(10-12-27)14-21-25-26-24(30)28(21)23-6-3-13-32-23/h1-8,13,15,17H,9-12,14,16H2,(H,26,30). The van der Waals surface area contributed by atoms with Gasteiger partial charge >= 0.3 is 5.69 Å². The van der Waals surface area contributed by atoms with Crippen LogP contribution in [0.1, 0.15) is 18.7 Å². The number of fused-ring (bicyclic) bond motifs is 1. The highest BCUT2D eigenvalue weighted by atomic mass is 32.1. The van der Waals surface area contributed by atoms with E-state index < -0.39 is 0 Å². The smallest absolute Gasteiger partial charge is 0.348 e. The quantitative estimate of drug-likeness (QED) is 0.488. The van der Waals surface area contributed by atoms with Gasteiger partial charge in [0.15, 0.2) is 6.61 Å². The number of thiophene rings is 1. The molecule has 1 saturated heterocycles. The van der Waals surface area contributed by atoms with Gasteiger partial charge in [0.25, 0.3) is 5.91 Å². The summed E-state index contributed by atoms with van der Waals surface area (Å²) in [4.78, 5) is 26.7. The third kappa shape index (κ3) is 4.31. The molecule has 1 fully saturated rings. The number of rotatable bonds is 6. The molecule has 2 aromatic carbocycles. The molecule has 1 aliphatic rings. The van der Waals surface area contributed by atoms with Gasteiger partial charge in [-0.1, -0.05) is 30.3 Å². The largest absolute Gasteiger partial charge is 0.484 e. The summed E-state index contributed by atoms with van der Waals surface area (Å²) >= 11 is 1.52. The number of H-pyrrole nitrogens is 1. The number of nitrogens with zero attached hydrogens (tertiary/aromatic N) is 3. The lowest BCUT2D eigenvalue weighted by atomic mass is 9.93. The normalized spacial score (nSPS) is 14.7. The summed E-state index contributed by atoms with van der Waals surface area (Å²) in [6.45, 7) is 1.43. The zero-order valence-electron chi connectivity index (χ0n) is 17.6. The molecule has 164 valence electrons. The Balaban J connectivity index is 1.15. The number of hydrogen-bond donors (Lipinski definition) is 1. The van der Waals surface area contributed by atoms with Crippen molar-refractivity contribution in [2.45, 2.75) is 19.3 Å². The molecule has 4 aromatic rings. The molecule has 5 rings (SSSR count). The Kier molecular flexibility index (Phi) is 5.77. The van der Waals surface area contributed by atoms with E-state index in [4.69, 9.17) is 4.74 Å². The maximum atomic E-state index is 12.7. The van der Waals surface area contributed by atoms with Gasteiger partial charge in [-0.05, 0) is 59.2 Å². The molecule has 0 saturated carbocycles. The van der Waals surface area contributed by atoms with Crippen molar-refractivity contribution in [2.75, 3.05) is 19.7 Å². The average Bonchev–Trinajstić information content (AvgIpc) is 3.47. The van der Waals surface area contributed by atoms with E-state index in [0.29, 0.717) is 31.2 Å². The summed E-state index contributed by atoms with van der Waals surface area (Å²) in [5.41, 5.74) is -0.207. The number of ether oxygens (including phenoxy) is 1. The minimum atomic E-state index is -0.207. The van der Waals surface area contributed by atoms with Gasteiger partial charge < -0.3 is 9.64 Å². The van der Waals surface area contributed by atoms with E-state index in [1.807, 2.05) is 58.8 Å². The van der Waals surface area contributed by atoms with Crippen LogP contribution in [0, 0.1) is 5.92 Å². The summed E-state index contributed by atoms with van der Waals surface area (Å²) in [7, 11) is 0. The van der Waals surface area contributed by atoms with Crippen LogP contribution in [0.4, 0.5) is 0 Å². The lowest BCUT2D eigenvalue weighted by Gasteiger charge is -2.31. The molecule has 1 N–H and O–H groups in total. The average molecular weight is 449 g/mol.